The summed E-state index contributed by atoms with van der Waals surface area (Å²) in [6, 6.07) is 14.8. The fraction of sp³-hybridized carbons (Fsp3) is 0.553. The van der Waals surface area contributed by atoms with Gasteiger partial charge in [0.15, 0.2) is 0 Å². The van der Waals surface area contributed by atoms with E-state index < -0.39 is 5.91 Å². The summed E-state index contributed by atoms with van der Waals surface area (Å²) < 4.78 is 0. The zero-order chi connectivity index (χ0) is 37.4. The van der Waals surface area contributed by atoms with Crippen molar-refractivity contribution in [2.24, 2.45) is 5.73 Å². The van der Waals surface area contributed by atoms with Gasteiger partial charge in [0.25, 0.3) is 5.91 Å². The number of nitrogens with two attached hydrogens (primary N) is 1. The molecule has 0 heterocycles. The van der Waals surface area contributed by atoms with Crippen LogP contribution in [0, 0.1) is 0 Å². The Morgan fingerprint density at radius 2 is 1.00 bits per heavy atom. The number of carbonyl (C=O) groups is 5. The Hall–Kier alpha value is -3.50. The molecule has 55 heavy (non-hydrogen) atoms. The van der Waals surface area contributed by atoms with Crippen molar-refractivity contribution in [1.29, 1.82) is 0 Å². The third-order valence-corrected chi connectivity index (χ3v) is 8.78. The van der Waals surface area contributed by atoms with E-state index in [-0.39, 0.29) is 86.2 Å². The third kappa shape index (κ3) is 23.2. The highest BCUT2D eigenvalue weighted by Crippen LogP contribution is 2.39. The first-order chi connectivity index (χ1) is 25.2. The number of amides is 5. The number of hydrogen-bond acceptors (Lipinski definition) is 9. The van der Waals surface area contributed by atoms with Crippen LogP contribution in [0.2, 0.25) is 0 Å². The average Bonchev–Trinajstić information content (AvgIpc) is 3.88. The molecule has 0 aromatic heterocycles. The van der Waals surface area contributed by atoms with Crippen molar-refractivity contribution in [2.45, 2.75) is 95.4 Å². The van der Waals surface area contributed by atoms with Crippen molar-refractivity contribution in [2.75, 3.05) is 49.9 Å². The van der Waals surface area contributed by atoms with Crippen LogP contribution in [0.15, 0.2) is 48.5 Å². The van der Waals surface area contributed by atoms with Crippen LogP contribution in [0.3, 0.4) is 0 Å². The molecule has 2 aromatic carbocycles. The summed E-state index contributed by atoms with van der Waals surface area (Å²) in [5.41, 5.74) is 10.6. The predicted molar refractivity (Wildman–Crippen MR) is 224 cm³/mol. The van der Waals surface area contributed by atoms with Gasteiger partial charge in [-0.3, -0.25) is 29.2 Å². The van der Waals surface area contributed by atoms with Crippen molar-refractivity contribution in [3.05, 3.63) is 59.7 Å². The highest BCUT2D eigenvalue weighted by atomic mass is 35.5. The smallest absolute Gasteiger partial charge is 0.251 e. The summed E-state index contributed by atoms with van der Waals surface area (Å²) in [4.78, 5) is 59.8. The molecule has 310 valence electrons. The number of unbranched alkanes of at least 4 members (excludes halogenated alkanes) is 4. The lowest BCUT2D eigenvalue weighted by Crippen LogP contribution is -2.29. The number of hydrogen-bond donors (Lipinski definition) is 9. The molecule has 1 aliphatic rings. The molecule has 2 aromatic rings. The van der Waals surface area contributed by atoms with Crippen LogP contribution in [0.25, 0.3) is 0 Å². The highest BCUT2D eigenvalue weighted by Gasteiger charge is 2.34. The van der Waals surface area contributed by atoms with E-state index >= 15 is 0 Å². The van der Waals surface area contributed by atoms with E-state index in [0.717, 1.165) is 76.8 Å². The molecule has 2 atom stereocenters. The summed E-state index contributed by atoms with van der Waals surface area (Å²) in [6.07, 6.45) is 8.67. The molecule has 14 nitrogen and oxygen atoms in total. The molecule has 1 aliphatic carbocycles. The second-order valence-electron chi connectivity index (χ2n) is 13.3. The SMILES string of the molecule is Cl.Cl.Cl.N[C@@H]1C[C@H]1c1ccc(NC(=O)CCC(=O)NCCCNCCCCNCCCNC(=O)c2ccc(NC(=O)CCCCCCC(=O)NO)cc2)cc1. The minimum Gasteiger partial charge on any atom is -0.356 e. The van der Waals surface area contributed by atoms with E-state index in [1.54, 1.807) is 29.7 Å². The largest absolute Gasteiger partial charge is 0.356 e. The minimum absolute atomic E-state index is 0. The molecule has 0 bridgehead atoms. The maximum atomic E-state index is 12.4. The molecular weight excluding hydrogens is 771 g/mol. The normalized spacial score (nSPS) is 13.9. The van der Waals surface area contributed by atoms with E-state index in [2.05, 4.69) is 31.9 Å². The molecule has 0 saturated heterocycles. The van der Waals surface area contributed by atoms with Gasteiger partial charge in [-0.25, -0.2) is 5.48 Å². The summed E-state index contributed by atoms with van der Waals surface area (Å²) >= 11 is 0. The third-order valence-electron chi connectivity index (χ3n) is 8.78. The van der Waals surface area contributed by atoms with Gasteiger partial charge in [0.05, 0.1) is 0 Å². The lowest BCUT2D eigenvalue weighted by Gasteiger charge is -2.09. The van der Waals surface area contributed by atoms with Gasteiger partial charge in [0.2, 0.25) is 23.6 Å². The number of halogens is 3. The predicted octanol–water partition coefficient (Wildman–Crippen LogP) is 4.56. The molecular formula is C38H61Cl3N8O6. The highest BCUT2D eigenvalue weighted by molar-refractivity contribution is 5.96. The molecule has 0 radical (unpaired) electrons. The van der Waals surface area contributed by atoms with Gasteiger partial charge >= 0.3 is 0 Å². The molecule has 17 heteroatoms. The number of rotatable bonds is 27. The number of nitrogens with one attached hydrogen (secondary N) is 7. The summed E-state index contributed by atoms with van der Waals surface area (Å²) in [5.74, 6) is -0.521. The van der Waals surface area contributed by atoms with E-state index in [9.17, 15) is 24.0 Å². The number of anilines is 2. The summed E-state index contributed by atoms with van der Waals surface area (Å²) in [7, 11) is 0. The Balaban J connectivity index is 0.00000972. The van der Waals surface area contributed by atoms with Gasteiger partial charge in [-0.15, -0.1) is 37.2 Å². The lowest BCUT2D eigenvalue weighted by atomic mass is 10.1. The molecule has 10 N–H and O–H groups in total. The fourth-order valence-electron chi connectivity index (χ4n) is 5.57. The van der Waals surface area contributed by atoms with Gasteiger partial charge in [0, 0.05) is 67.7 Å². The number of benzene rings is 2. The van der Waals surface area contributed by atoms with Crippen molar-refractivity contribution < 1.29 is 29.2 Å². The van der Waals surface area contributed by atoms with Crippen LogP contribution in [0.4, 0.5) is 11.4 Å². The molecule has 0 aliphatic heterocycles. The average molecular weight is 832 g/mol. The second kappa shape index (κ2) is 30.7. The van der Waals surface area contributed by atoms with E-state index in [4.69, 9.17) is 10.9 Å². The van der Waals surface area contributed by atoms with Gasteiger partial charge in [-0.2, -0.15) is 0 Å². The first-order valence-electron chi connectivity index (χ1n) is 18.7. The molecule has 0 spiro atoms. The monoisotopic (exact) mass is 830 g/mol. The molecule has 3 rings (SSSR count). The molecule has 5 amide bonds. The molecule has 0 unspecified atom stereocenters. The van der Waals surface area contributed by atoms with Crippen LogP contribution in [-0.2, 0) is 19.2 Å². The first kappa shape index (κ1) is 51.5. The number of hydroxylamine groups is 1. The van der Waals surface area contributed by atoms with E-state index in [0.29, 0.717) is 49.5 Å². The van der Waals surface area contributed by atoms with Crippen molar-refractivity contribution in [1.82, 2.24) is 26.7 Å². The Kier molecular flexibility index (Phi) is 28.7. The lowest BCUT2D eigenvalue weighted by molar-refractivity contribution is -0.129. The van der Waals surface area contributed by atoms with E-state index in [1.807, 2.05) is 24.3 Å². The summed E-state index contributed by atoms with van der Waals surface area (Å²) in [6.45, 7) is 4.55. The fourth-order valence-corrected chi connectivity index (χ4v) is 5.57. The van der Waals surface area contributed by atoms with Crippen LogP contribution >= 0.6 is 37.2 Å². The van der Waals surface area contributed by atoms with Crippen LogP contribution < -0.4 is 43.1 Å². The van der Waals surface area contributed by atoms with E-state index in [1.165, 1.54) is 5.56 Å². The first-order valence-corrected chi connectivity index (χ1v) is 18.7. The van der Waals surface area contributed by atoms with Crippen molar-refractivity contribution in [3.63, 3.8) is 0 Å². The van der Waals surface area contributed by atoms with Gasteiger partial charge in [-0.05, 0) is 113 Å². The Labute approximate surface area is 343 Å². The van der Waals surface area contributed by atoms with Crippen LogP contribution in [-0.4, -0.2) is 80.1 Å². The van der Waals surface area contributed by atoms with Gasteiger partial charge in [-0.1, -0.05) is 25.0 Å². The van der Waals surface area contributed by atoms with Gasteiger partial charge < -0.3 is 37.6 Å². The molecule has 1 fully saturated rings. The zero-order valence-corrected chi connectivity index (χ0v) is 33.9. The maximum absolute atomic E-state index is 12.4. The number of carbonyl (C=O) groups excluding carboxylic acids is 5. The van der Waals surface area contributed by atoms with Crippen LogP contribution in [0.1, 0.15) is 105 Å². The maximum Gasteiger partial charge on any atom is 0.251 e. The topological polar surface area (TPSA) is 216 Å². The minimum atomic E-state index is -0.399. The van der Waals surface area contributed by atoms with Crippen molar-refractivity contribution in [3.8, 4) is 0 Å². The second-order valence-corrected chi connectivity index (χ2v) is 13.3. The Morgan fingerprint density at radius 3 is 1.53 bits per heavy atom. The van der Waals surface area contributed by atoms with Crippen LogP contribution in [0.5, 0.6) is 0 Å². The van der Waals surface area contributed by atoms with Crippen molar-refractivity contribution >= 4 is 78.1 Å². The Bertz CT molecular complexity index is 1410. The Morgan fingerprint density at radius 1 is 0.545 bits per heavy atom. The molecule has 1 saturated carbocycles. The van der Waals surface area contributed by atoms with Gasteiger partial charge in [0.1, 0.15) is 0 Å². The summed E-state index contributed by atoms with van der Waals surface area (Å²) in [5, 5.41) is 26.7. The zero-order valence-electron chi connectivity index (χ0n) is 31.5. The quantitative estimate of drug-likeness (QED) is 0.0350. The standard InChI is InChI=1S/C38H58N8O6.3ClH/c39-33-27-32(33)28-11-15-30(16-12-28)45-36(49)20-19-34(47)42-25-7-23-40-21-5-6-22-41-24-8-26-43-38(51)29-13-17-31(18-14-29)44-35(48)9-3-1-2-4-10-37(50)46-52;;;/h11-18,32-33,40-41,52H,1-10,19-27,39H2,(H,42,47)(H,43,51)(H,44,48)(H,45,49)(H,46,50);3*1H/t32-,33+;;;/m0.../s1.